The zero-order valence-corrected chi connectivity index (χ0v) is 11.6. The monoisotopic (exact) mass is 259 g/mol. The van der Waals surface area contributed by atoms with Crippen molar-refractivity contribution in [3.8, 4) is 0 Å². The van der Waals surface area contributed by atoms with E-state index in [1.165, 1.54) is 25.1 Å². The summed E-state index contributed by atoms with van der Waals surface area (Å²) < 4.78 is 2.10. The van der Waals surface area contributed by atoms with Crippen molar-refractivity contribution >= 4 is 0 Å². The molecule has 1 N–H and O–H groups in total. The Balaban J connectivity index is 1.66. The van der Waals surface area contributed by atoms with Crippen LogP contribution in [0.15, 0.2) is 18.7 Å². The van der Waals surface area contributed by atoms with Crippen molar-refractivity contribution in [2.45, 2.75) is 32.2 Å². The van der Waals surface area contributed by atoms with E-state index in [2.05, 4.69) is 38.4 Å². The highest BCUT2D eigenvalue weighted by Crippen LogP contribution is 2.25. The minimum absolute atomic E-state index is 0.538. The van der Waals surface area contributed by atoms with Crippen LogP contribution in [-0.2, 0) is 13.6 Å². The Hall–Kier alpha value is -1.62. The van der Waals surface area contributed by atoms with E-state index < -0.39 is 0 Å². The smallest absolute Gasteiger partial charge is 0.110 e. The van der Waals surface area contributed by atoms with Gasteiger partial charge in [-0.05, 0) is 26.3 Å². The number of piperidine rings is 1. The summed E-state index contributed by atoms with van der Waals surface area (Å²) in [7, 11) is 2.06. The van der Waals surface area contributed by atoms with Crippen LogP contribution in [0.1, 0.15) is 36.0 Å². The first-order valence-corrected chi connectivity index (χ1v) is 6.91. The molecule has 3 heterocycles. The third-order valence-corrected chi connectivity index (χ3v) is 3.92. The molecule has 19 heavy (non-hydrogen) atoms. The highest BCUT2D eigenvalue weighted by atomic mass is 15.2. The standard InChI is InChI=1S/C14H21N5/c1-11-6-16-14(17-11)12-4-3-5-19(8-12)9-13-7-15-10-18(13)2/h6-7,10,12H,3-5,8-9H2,1-2H3,(H,16,17)/t12-/m1/s1. The van der Waals surface area contributed by atoms with Crippen molar-refractivity contribution in [3.05, 3.63) is 35.9 Å². The van der Waals surface area contributed by atoms with Crippen molar-refractivity contribution in [2.24, 2.45) is 7.05 Å². The minimum atomic E-state index is 0.538. The van der Waals surface area contributed by atoms with E-state index in [-0.39, 0.29) is 0 Å². The number of nitrogens with zero attached hydrogens (tertiary/aromatic N) is 4. The van der Waals surface area contributed by atoms with Crippen LogP contribution in [-0.4, -0.2) is 37.5 Å². The number of H-pyrrole nitrogens is 1. The highest BCUT2D eigenvalue weighted by Gasteiger charge is 2.23. The molecule has 0 aromatic carbocycles. The molecule has 0 aliphatic carbocycles. The van der Waals surface area contributed by atoms with E-state index in [0.29, 0.717) is 5.92 Å². The molecule has 5 nitrogen and oxygen atoms in total. The van der Waals surface area contributed by atoms with Crippen molar-refractivity contribution < 1.29 is 0 Å². The maximum absolute atomic E-state index is 4.49. The Morgan fingerprint density at radius 1 is 1.42 bits per heavy atom. The van der Waals surface area contributed by atoms with Gasteiger partial charge in [0.2, 0.25) is 0 Å². The molecule has 0 radical (unpaired) electrons. The van der Waals surface area contributed by atoms with Crippen LogP contribution in [0.2, 0.25) is 0 Å². The fraction of sp³-hybridized carbons (Fsp3) is 0.571. The molecule has 1 saturated heterocycles. The van der Waals surface area contributed by atoms with Crippen LogP contribution in [0, 0.1) is 6.92 Å². The van der Waals surface area contributed by atoms with Crippen molar-refractivity contribution in [2.75, 3.05) is 13.1 Å². The Morgan fingerprint density at radius 3 is 3.00 bits per heavy atom. The number of imidazole rings is 2. The lowest BCUT2D eigenvalue weighted by molar-refractivity contribution is 0.193. The summed E-state index contributed by atoms with van der Waals surface area (Å²) in [5, 5.41) is 0. The summed E-state index contributed by atoms with van der Waals surface area (Å²) in [6, 6.07) is 0. The van der Waals surface area contributed by atoms with Gasteiger partial charge >= 0.3 is 0 Å². The fourth-order valence-electron chi connectivity index (χ4n) is 2.83. The van der Waals surface area contributed by atoms with Gasteiger partial charge in [0.15, 0.2) is 0 Å². The number of aryl methyl sites for hydroxylation is 2. The molecule has 1 aliphatic heterocycles. The van der Waals surface area contributed by atoms with Gasteiger partial charge in [-0.1, -0.05) is 0 Å². The van der Waals surface area contributed by atoms with E-state index in [1.807, 2.05) is 18.7 Å². The number of hydrogen-bond donors (Lipinski definition) is 1. The Bertz CT molecular complexity index is 542. The summed E-state index contributed by atoms with van der Waals surface area (Å²) in [5.41, 5.74) is 2.43. The summed E-state index contributed by atoms with van der Waals surface area (Å²) >= 11 is 0. The van der Waals surface area contributed by atoms with Gasteiger partial charge in [0.05, 0.1) is 12.0 Å². The average Bonchev–Trinajstić information content (AvgIpc) is 3.00. The first-order valence-electron chi connectivity index (χ1n) is 6.91. The van der Waals surface area contributed by atoms with E-state index in [4.69, 9.17) is 0 Å². The lowest BCUT2D eigenvalue weighted by atomic mass is 9.97. The van der Waals surface area contributed by atoms with Crippen LogP contribution >= 0.6 is 0 Å². The minimum Gasteiger partial charge on any atom is -0.346 e. The van der Waals surface area contributed by atoms with Crippen LogP contribution in [0.25, 0.3) is 0 Å². The number of rotatable bonds is 3. The van der Waals surface area contributed by atoms with Crippen molar-refractivity contribution in [1.82, 2.24) is 24.4 Å². The van der Waals surface area contributed by atoms with Gasteiger partial charge in [-0.3, -0.25) is 4.90 Å². The van der Waals surface area contributed by atoms with E-state index in [9.17, 15) is 0 Å². The first-order chi connectivity index (χ1) is 9.22. The van der Waals surface area contributed by atoms with Gasteiger partial charge in [0.1, 0.15) is 5.82 Å². The Morgan fingerprint density at radius 2 is 2.32 bits per heavy atom. The molecule has 0 saturated carbocycles. The topological polar surface area (TPSA) is 49.7 Å². The average molecular weight is 259 g/mol. The second-order valence-electron chi connectivity index (χ2n) is 5.52. The molecule has 0 amide bonds. The second-order valence-corrected chi connectivity index (χ2v) is 5.52. The molecular formula is C14H21N5. The predicted octanol–water partition coefficient (Wildman–Crippen LogP) is 1.83. The summed E-state index contributed by atoms with van der Waals surface area (Å²) in [6.07, 6.45) is 8.22. The maximum Gasteiger partial charge on any atom is 0.110 e. The molecule has 1 fully saturated rings. The van der Waals surface area contributed by atoms with Crippen LogP contribution in [0.3, 0.4) is 0 Å². The second kappa shape index (κ2) is 5.17. The molecule has 5 heteroatoms. The number of aromatic amines is 1. The molecule has 1 aliphatic rings. The zero-order chi connectivity index (χ0) is 13.2. The van der Waals surface area contributed by atoms with E-state index in [1.54, 1.807) is 0 Å². The molecule has 2 aromatic heterocycles. The molecule has 102 valence electrons. The van der Waals surface area contributed by atoms with Crippen LogP contribution < -0.4 is 0 Å². The van der Waals surface area contributed by atoms with Gasteiger partial charge in [0.25, 0.3) is 0 Å². The van der Waals surface area contributed by atoms with Gasteiger partial charge in [0, 0.05) is 44.1 Å². The molecule has 0 bridgehead atoms. The van der Waals surface area contributed by atoms with E-state index >= 15 is 0 Å². The molecular weight excluding hydrogens is 238 g/mol. The summed E-state index contributed by atoms with van der Waals surface area (Å²) in [4.78, 5) is 14.6. The number of nitrogens with one attached hydrogen (secondary N) is 1. The largest absolute Gasteiger partial charge is 0.346 e. The lowest BCUT2D eigenvalue weighted by Gasteiger charge is -2.31. The quantitative estimate of drug-likeness (QED) is 0.915. The maximum atomic E-state index is 4.49. The zero-order valence-electron chi connectivity index (χ0n) is 11.6. The third-order valence-electron chi connectivity index (χ3n) is 3.92. The normalized spacial score (nSPS) is 20.8. The van der Waals surface area contributed by atoms with Gasteiger partial charge in [-0.2, -0.15) is 0 Å². The van der Waals surface area contributed by atoms with Crippen molar-refractivity contribution in [3.63, 3.8) is 0 Å². The first kappa shape index (κ1) is 12.4. The van der Waals surface area contributed by atoms with Crippen LogP contribution in [0.4, 0.5) is 0 Å². The molecule has 3 rings (SSSR count). The van der Waals surface area contributed by atoms with Gasteiger partial charge in [-0.15, -0.1) is 0 Å². The predicted molar refractivity (Wildman–Crippen MR) is 73.8 cm³/mol. The van der Waals surface area contributed by atoms with Crippen molar-refractivity contribution in [1.29, 1.82) is 0 Å². The fourth-order valence-corrected chi connectivity index (χ4v) is 2.83. The third kappa shape index (κ3) is 2.71. The SMILES string of the molecule is Cc1cnc([C@@H]2CCCN(Cc3cncn3C)C2)[nH]1. The van der Waals surface area contributed by atoms with Gasteiger partial charge in [-0.25, -0.2) is 9.97 Å². The number of likely N-dealkylation sites (tertiary alicyclic amines) is 1. The molecule has 0 spiro atoms. The van der Waals surface area contributed by atoms with Gasteiger partial charge < -0.3 is 9.55 Å². The molecule has 1 atom stereocenters. The number of hydrogen-bond acceptors (Lipinski definition) is 3. The Kier molecular flexibility index (Phi) is 3.38. The summed E-state index contributed by atoms with van der Waals surface area (Å²) in [5.74, 6) is 1.68. The molecule has 0 unspecified atom stereocenters. The highest BCUT2D eigenvalue weighted by molar-refractivity contribution is 5.06. The Labute approximate surface area is 113 Å². The number of aromatic nitrogens is 4. The van der Waals surface area contributed by atoms with E-state index in [0.717, 1.165) is 24.6 Å². The molecule has 2 aromatic rings. The lowest BCUT2D eigenvalue weighted by Crippen LogP contribution is -2.34. The summed E-state index contributed by atoms with van der Waals surface area (Å²) in [6.45, 7) is 5.29. The van der Waals surface area contributed by atoms with Crippen LogP contribution in [0.5, 0.6) is 0 Å².